The summed E-state index contributed by atoms with van der Waals surface area (Å²) in [7, 11) is 0. The molecule has 0 bridgehead atoms. The molecule has 9 nitrogen and oxygen atoms in total. The Balaban J connectivity index is 0.977. The van der Waals surface area contributed by atoms with E-state index in [4.69, 9.17) is 4.74 Å². The first-order valence-electron chi connectivity index (χ1n) is 17.1. The van der Waals surface area contributed by atoms with Gasteiger partial charge < -0.3 is 15.4 Å². The Morgan fingerprint density at radius 3 is 2.39 bits per heavy atom. The second-order valence-corrected chi connectivity index (χ2v) is 15.9. The molecule has 0 unspecified atom stereocenters. The van der Waals surface area contributed by atoms with Gasteiger partial charge in [0, 0.05) is 17.1 Å². The first-order chi connectivity index (χ1) is 25.0. The number of hydrogen-bond acceptors (Lipinski definition) is 9. The van der Waals surface area contributed by atoms with Gasteiger partial charge >= 0.3 is 0 Å². The number of amides is 2. The fourth-order valence-electron chi connectivity index (χ4n) is 6.07. The number of anilines is 2. The van der Waals surface area contributed by atoms with Crippen LogP contribution in [-0.2, 0) is 16.2 Å². The van der Waals surface area contributed by atoms with Crippen molar-refractivity contribution < 1.29 is 14.3 Å². The summed E-state index contributed by atoms with van der Waals surface area (Å²) in [4.78, 5) is 30.5. The number of thiazole rings is 1. The van der Waals surface area contributed by atoms with Crippen LogP contribution in [0.2, 0.25) is 0 Å². The third kappa shape index (κ3) is 8.99. The number of ether oxygens (including phenoxy) is 1. The molecule has 1 atom stereocenters. The van der Waals surface area contributed by atoms with Crippen LogP contribution in [0.3, 0.4) is 0 Å². The normalized spacial score (nSPS) is 13.9. The highest BCUT2D eigenvalue weighted by Crippen LogP contribution is 2.34. The highest BCUT2D eigenvalue weighted by Gasteiger charge is 2.22. The number of para-hydroxylation sites is 2. The van der Waals surface area contributed by atoms with Gasteiger partial charge in [0.2, 0.25) is 11.8 Å². The van der Waals surface area contributed by atoms with E-state index in [1.54, 1.807) is 0 Å². The molecule has 2 N–H and O–H groups in total. The number of aromatic nitrogens is 4. The summed E-state index contributed by atoms with van der Waals surface area (Å²) in [6, 6.07) is 33.4. The van der Waals surface area contributed by atoms with E-state index in [2.05, 4.69) is 37.9 Å². The predicted molar refractivity (Wildman–Crippen MR) is 207 cm³/mol. The van der Waals surface area contributed by atoms with Crippen molar-refractivity contribution in [3.63, 3.8) is 0 Å². The zero-order valence-electron chi connectivity index (χ0n) is 28.2. The van der Waals surface area contributed by atoms with Crippen molar-refractivity contribution >= 4 is 68.3 Å². The topological polar surface area (TPSA) is 111 Å². The quantitative estimate of drug-likeness (QED) is 0.113. The Hall–Kier alpha value is -4.65. The summed E-state index contributed by atoms with van der Waals surface area (Å²) in [5, 5.41) is 15.0. The van der Waals surface area contributed by atoms with Crippen LogP contribution < -0.4 is 15.4 Å². The molecule has 1 fully saturated rings. The third-order valence-corrected chi connectivity index (χ3v) is 11.9. The minimum absolute atomic E-state index is 0.0908. The van der Waals surface area contributed by atoms with E-state index in [0.29, 0.717) is 22.6 Å². The van der Waals surface area contributed by atoms with Crippen molar-refractivity contribution in [2.24, 2.45) is 0 Å². The fourth-order valence-corrected chi connectivity index (χ4v) is 8.86. The maximum Gasteiger partial charge on any atom is 0.237 e. The van der Waals surface area contributed by atoms with Gasteiger partial charge in [-0.3, -0.25) is 14.2 Å². The van der Waals surface area contributed by atoms with Gasteiger partial charge in [-0.25, -0.2) is 4.98 Å². The lowest BCUT2D eigenvalue weighted by Crippen LogP contribution is -2.23. The Bertz CT molecular complexity index is 2080. The lowest BCUT2D eigenvalue weighted by Gasteiger charge is -2.22. The van der Waals surface area contributed by atoms with Gasteiger partial charge in [0.05, 0.1) is 21.2 Å². The van der Waals surface area contributed by atoms with Crippen molar-refractivity contribution in [2.45, 2.75) is 66.3 Å². The Kier molecular flexibility index (Phi) is 11.3. The van der Waals surface area contributed by atoms with Crippen molar-refractivity contribution in [1.82, 2.24) is 19.7 Å². The molecular formula is C39H38N6O3S3. The number of carbonyl (C=O) groups excluding carboxylic acids is 2. The van der Waals surface area contributed by atoms with Gasteiger partial charge in [-0.2, -0.15) is 0 Å². The number of thioether (sulfide) groups is 2. The smallest absolute Gasteiger partial charge is 0.237 e. The van der Waals surface area contributed by atoms with Gasteiger partial charge in [-0.05, 0) is 85.8 Å². The molecule has 1 aliphatic rings. The van der Waals surface area contributed by atoms with Gasteiger partial charge in [-0.15, -0.1) is 21.5 Å². The molecule has 0 aliphatic heterocycles. The number of rotatable bonds is 13. The highest BCUT2D eigenvalue weighted by molar-refractivity contribution is 8.01. The Labute approximate surface area is 309 Å². The number of carbonyl (C=O) groups is 2. The van der Waals surface area contributed by atoms with Gasteiger partial charge in [-0.1, -0.05) is 91.3 Å². The summed E-state index contributed by atoms with van der Waals surface area (Å²) < 4.78 is 9.86. The van der Waals surface area contributed by atoms with Crippen LogP contribution in [0.4, 0.5) is 11.4 Å². The lowest BCUT2D eigenvalue weighted by molar-refractivity contribution is -0.115. The molecule has 0 saturated heterocycles. The standard InChI is InChI=1S/C39H38N6O3S3/c1-26(37(47)41-30-19-22-33-34(23-30)51-39(42-33)49-25-36(46)40-29-13-7-3-8-14-29)50-38-44-43-35(45(38)31-15-9-4-10-16-31)24-48-32-20-17-28(18-21-32)27-11-5-2-6-12-27/h3-4,7-10,13-23,26-27H,2,5-6,11-12,24-25H2,1H3,(H,40,46)(H,41,47)/t26-/m1/s1. The Morgan fingerprint density at radius 2 is 1.63 bits per heavy atom. The van der Waals surface area contributed by atoms with Crippen LogP contribution in [-0.4, -0.2) is 42.6 Å². The SMILES string of the molecule is C[C@@H](Sc1nnc(COc2ccc(C3CCCCC3)cc2)n1-c1ccccc1)C(=O)Nc1ccc2nc(SCC(=O)Nc3ccccc3)sc2c1. The molecule has 1 aliphatic carbocycles. The largest absolute Gasteiger partial charge is 0.486 e. The van der Waals surface area contributed by atoms with Crippen molar-refractivity contribution in [1.29, 1.82) is 0 Å². The molecule has 4 aromatic carbocycles. The van der Waals surface area contributed by atoms with Crippen LogP contribution in [0.1, 0.15) is 56.3 Å². The summed E-state index contributed by atoms with van der Waals surface area (Å²) >= 11 is 4.22. The number of nitrogens with one attached hydrogen (secondary N) is 2. The summed E-state index contributed by atoms with van der Waals surface area (Å²) in [6.07, 6.45) is 6.48. The summed E-state index contributed by atoms with van der Waals surface area (Å²) in [5.41, 5.74) is 4.54. The highest BCUT2D eigenvalue weighted by atomic mass is 32.2. The Morgan fingerprint density at radius 1 is 0.882 bits per heavy atom. The number of hydrogen-bond donors (Lipinski definition) is 2. The molecule has 0 radical (unpaired) electrons. The van der Waals surface area contributed by atoms with Crippen LogP contribution in [0, 0.1) is 0 Å². The van der Waals surface area contributed by atoms with Crippen molar-refractivity contribution in [3.05, 3.63) is 115 Å². The van der Waals surface area contributed by atoms with Crippen LogP contribution in [0.5, 0.6) is 5.75 Å². The number of fused-ring (bicyclic) bond motifs is 1. The van der Waals surface area contributed by atoms with E-state index in [1.807, 2.05) is 102 Å². The van der Waals surface area contributed by atoms with Gasteiger partial charge in [0.1, 0.15) is 12.4 Å². The molecule has 260 valence electrons. The fraction of sp³-hybridized carbons (Fsp3) is 0.256. The maximum atomic E-state index is 13.4. The van der Waals surface area contributed by atoms with Crippen molar-refractivity contribution in [3.8, 4) is 11.4 Å². The van der Waals surface area contributed by atoms with E-state index in [-0.39, 0.29) is 24.2 Å². The molecule has 12 heteroatoms. The molecular weight excluding hydrogens is 697 g/mol. The zero-order chi connectivity index (χ0) is 35.0. The number of nitrogens with zero attached hydrogens (tertiary/aromatic N) is 4. The van der Waals surface area contributed by atoms with E-state index in [0.717, 1.165) is 31.7 Å². The minimum Gasteiger partial charge on any atom is -0.486 e. The van der Waals surface area contributed by atoms with Crippen LogP contribution >= 0.6 is 34.9 Å². The molecule has 2 aromatic heterocycles. The van der Waals surface area contributed by atoms with Gasteiger partial charge in [0.25, 0.3) is 0 Å². The molecule has 6 aromatic rings. The van der Waals surface area contributed by atoms with E-state index < -0.39 is 5.25 Å². The first kappa shape index (κ1) is 34.8. The predicted octanol–water partition coefficient (Wildman–Crippen LogP) is 9.35. The third-order valence-electron chi connectivity index (χ3n) is 8.71. The van der Waals surface area contributed by atoms with E-state index in [9.17, 15) is 9.59 Å². The average Bonchev–Trinajstić information content (AvgIpc) is 3.77. The number of benzene rings is 4. The summed E-state index contributed by atoms with van der Waals surface area (Å²) in [6.45, 7) is 2.09. The van der Waals surface area contributed by atoms with Crippen LogP contribution in [0.25, 0.3) is 15.9 Å². The minimum atomic E-state index is -0.468. The first-order valence-corrected chi connectivity index (χ1v) is 19.7. The lowest BCUT2D eigenvalue weighted by atomic mass is 9.84. The van der Waals surface area contributed by atoms with Gasteiger partial charge in [0.15, 0.2) is 15.3 Å². The zero-order valence-corrected chi connectivity index (χ0v) is 30.6. The second kappa shape index (κ2) is 16.6. The van der Waals surface area contributed by atoms with Crippen molar-refractivity contribution in [2.75, 3.05) is 16.4 Å². The van der Waals surface area contributed by atoms with E-state index in [1.165, 1.54) is 72.5 Å². The molecule has 0 spiro atoms. The van der Waals surface area contributed by atoms with E-state index >= 15 is 0 Å². The molecule has 51 heavy (non-hydrogen) atoms. The monoisotopic (exact) mass is 734 g/mol. The second-order valence-electron chi connectivity index (χ2n) is 12.4. The average molecular weight is 735 g/mol. The molecule has 2 amide bonds. The molecule has 1 saturated carbocycles. The van der Waals surface area contributed by atoms with Crippen LogP contribution in [0.15, 0.2) is 113 Å². The molecule has 7 rings (SSSR count). The molecule has 2 heterocycles. The maximum absolute atomic E-state index is 13.4. The summed E-state index contributed by atoms with van der Waals surface area (Å²) in [5.74, 6) is 2.08.